The standard InChI is InChI=1S/C10H10BrF3/c11-3-8-1-7(4-12)2-9(5-13)10(8)6-14/h1-2H,3-6H2. The Morgan fingerprint density at radius 1 is 0.929 bits per heavy atom. The summed E-state index contributed by atoms with van der Waals surface area (Å²) in [6, 6.07) is 2.93. The van der Waals surface area contributed by atoms with Crippen LogP contribution in [-0.4, -0.2) is 0 Å². The monoisotopic (exact) mass is 266 g/mol. The normalized spacial score (nSPS) is 10.6. The zero-order valence-corrected chi connectivity index (χ0v) is 9.08. The first kappa shape index (κ1) is 11.6. The minimum atomic E-state index is -0.757. The van der Waals surface area contributed by atoms with Crippen LogP contribution in [0.1, 0.15) is 22.3 Å². The van der Waals surface area contributed by atoms with Crippen molar-refractivity contribution >= 4 is 15.9 Å². The van der Waals surface area contributed by atoms with Gasteiger partial charge in [-0.15, -0.1) is 0 Å². The van der Waals surface area contributed by atoms with Crippen LogP contribution in [0.15, 0.2) is 12.1 Å². The van der Waals surface area contributed by atoms with Gasteiger partial charge in [0.2, 0.25) is 0 Å². The van der Waals surface area contributed by atoms with Gasteiger partial charge in [-0.1, -0.05) is 28.1 Å². The molecule has 0 fully saturated rings. The zero-order chi connectivity index (χ0) is 10.6. The van der Waals surface area contributed by atoms with Crippen LogP contribution >= 0.6 is 15.9 Å². The highest BCUT2D eigenvalue weighted by Crippen LogP contribution is 2.23. The van der Waals surface area contributed by atoms with E-state index in [1.165, 1.54) is 6.07 Å². The number of alkyl halides is 4. The minimum Gasteiger partial charge on any atom is -0.246 e. The van der Waals surface area contributed by atoms with Crippen molar-refractivity contribution in [1.82, 2.24) is 0 Å². The predicted molar refractivity (Wildman–Crippen MR) is 53.5 cm³/mol. The fourth-order valence-corrected chi connectivity index (χ4v) is 1.86. The third-order valence-corrected chi connectivity index (χ3v) is 2.67. The quantitative estimate of drug-likeness (QED) is 0.723. The van der Waals surface area contributed by atoms with Crippen LogP contribution in [0, 0.1) is 0 Å². The van der Waals surface area contributed by atoms with Crippen LogP contribution in [0.2, 0.25) is 0 Å². The van der Waals surface area contributed by atoms with Crippen LogP contribution in [0.4, 0.5) is 13.2 Å². The summed E-state index contributed by atoms with van der Waals surface area (Å²) in [5.41, 5.74) is 1.60. The van der Waals surface area contributed by atoms with E-state index in [1.54, 1.807) is 6.07 Å². The Labute approximate surface area is 89.3 Å². The Morgan fingerprint density at radius 3 is 2.00 bits per heavy atom. The molecular formula is C10H10BrF3. The largest absolute Gasteiger partial charge is 0.246 e. The summed E-state index contributed by atoms with van der Waals surface area (Å²) in [5.74, 6) is 0. The Balaban J connectivity index is 3.24. The molecule has 0 radical (unpaired) electrons. The summed E-state index contributed by atoms with van der Waals surface area (Å²) in [7, 11) is 0. The van der Waals surface area contributed by atoms with Gasteiger partial charge in [0.05, 0.1) is 0 Å². The molecule has 0 atom stereocenters. The lowest BCUT2D eigenvalue weighted by molar-refractivity contribution is 0.449. The van der Waals surface area contributed by atoms with Crippen LogP contribution < -0.4 is 0 Å². The number of halogens is 4. The van der Waals surface area contributed by atoms with Crippen LogP contribution in [0.3, 0.4) is 0 Å². The maximum Gasteiger partial charge on any atom is 0.115 e. The number of hydrogen-bond acceptors (Lipinski definition) is 0. The van der Waals surface area contributed by atoms with Gasteiger partial charge >= 0.3 is 0 Å². The molecule has 14 heavy (non-hydrogen) atoms. The average molecular weight is 267 g/mol. The van der Waals surface area contributed by atoms with E-state index in [4.69, 9.17) is 0 Å². The van der Waals surface area contributed by atoms with E-state index in [0.717, 1.165) is 0 Å². The van der Waals surface area contributed by atoms with E-state index < -0.39 is 20.0 Å². The first-order chi connectivity index (χ1) is 6.76. The summed E-state index contributed by atoms with van der Waals surface area (Å²) < 4.78 is 37.4. The van der Waals surface area contributed by atoms with E-state index in [9.17, 15) is 13.2 Å². The van der Waals surface area contributed by atoms with Gasteiger partial charge in [-0.3, -0.25) is 0 Å². The highest BCUT2D eigenvalue weighted by atomic mass is 79.9. The lowest BCUT2D eigenvalue weighted by Gasteiger charge is -2.10. The molecular weight excluding hydrogens is 257 g/mol. The molecule has 0 heterocycles. The van der Waals surface area contributed by atoms with Crippen LogP contribution in [0.5, 0.6) is 0 Å². The first-order valence-electron chi connectivity index (χ1n) is 4.14. The van der Waals surface area contributed by atoms with Gasteiger partial charge < -0.3 is 0 Å². The highest BCUT2D eigenvalue weighted by Gasteiger charge is 2.09. The van der Waals surface area contributed by atoms with Gasteiger partial charge in [-0.05, 0) is 22.3 Å². The molecule has 0 spiro atoms. The van der Waals surface area contributed by atoms with Gasteiger partial charge in [0.1, 0.15) is 20.0 Å². The zero-order valence-electron chi connectivity index (χ0n) is 7.49. The molecule has 0 saturated heterocycles. The summed E-state index contributed by atoms with van der Waals surface area (Å²) in [6.45, 7) is -2.13. The van der Waals surface area contributed by atoms with Crippen molar-refractivity contribution in [3.8, 4) is 0 Å². The SMILES string of the molecule is FCc1cc(CF)c(CF)c(CBr)c1. The average Bonchev–Trinajstić information content (AvgIpc) is 2.26. The van der Waals surface area contributed by atoms with E-state index in [2.05, 4.69) is 15.9 Å². The third-order valence-electron chi connectivity index (χ3n) is 2.07. The summed E-state index contributed by atoms with van der Waals surface area (Å²) in [4.78, 5) is 0. The lowest BCUT2D eigenvalue weighted by Crippen LogP contribution is -1.98. The second kappa shape index (κ2) is 5.39. The molecule has 0 aliphatic carbocycles. The lowest BCUT2D eigenvalue weighted by atomic mass is 10.0. The molecule has 0 nitrogen and oxygen atoms in total. The van der Waals surface area contributed by atoms with Gasteiger partial charge in [-0.25, -0.2) is 13.2 Å². The van der Waals surface area contributed by atoms with Gasteiger partial charge in [0.15, 0.2) is 0 Å². The predicted octanol–water partition coefficient (Wildman–Crippen LogP) is 3.99. The second-order valence-corrected chi connectivity index (χ2v) is 3.49. The van der Waals surface area contributed by atoms with Crippen molar-refractivity contribution in [2.24, 2.45) is 0 Å². The molecule has 0 amide bonds. The number of rotatable bonds is 4. The molecule has 4 heteroatoms. The number of hydrogen-bond donors (Lipinski definition) is 0. The van der Waals surface area contributed by atoms with E-state index in [-0.39, 0.29) is 5.56 Å². The smallest absolute Gasteiger partial charge is 0.115 e. The fourth-order valence-electron chi connectivity index (χ4n) is 1.36. The van der Waals surface area contributed by atoms with Crippen molar-refractivity contribution in [1.29, 1.82) is 0 Å². The second-order valence-electron chi connectivity index (χ2n) is 2.93. The molecule has 0 aliphatic rings. The minimum absolute atomic E-state index is 0.247. The Hall–Kier alpha value is -0.510. The van der Waals surface area contributed by atoms with Crippen molar-refractivity contribution in [2.45, 2.75) is 25.4 Å². The highest BCUT2D eigenvalue weighted by molar-refractivity contribution is 9.08. The molecule has 1 aromatic rings. The molecule has 0 aromatic heterocycles. The van der Waals surface area contributed by atoms with Crippen LogP contribution in [0.25, 0.3) is 0 Å². The fraction of sp³-hybridized carbons (Fsp3) is 0.400. The van der Waals surface area contributed by atoms with E-state index in [0.29, 0.717) is 22.0 Å². The molecule has 0 bridgehead atoms. The summed E-state index contributed by atoms with van der Waals surface area (Å²) >= 11 is 3.16. The first-order valence-corrected chi connectivity index (χ1v) is 5.26. The molecule has 0 unspecified atom stereocenters. The topological polar surface area (TPSA) is 0 Å². The summed E-state index contributed by atoms with van der Waals surface area (Å²) in [6.07, 6.45) is 0. The molecule has 0 N–H and O–H groups in total. The molecule has 1 aromatic carbocycles. The van der Waals surface area contributed by atoms with E-state index in [1.807, 2.05) is 0 Å². The third kappa shape index (κ3) is 2.29. The maximum atomic E-state index is 12.6. The van der Waals surface area contributed by atoms with Gasteiger partial charge in [-0.2, -0.15) is 0 Å². The van der Waals surface area contributed by atoms with Crippen LogP contribution in [-0.2, 0) is 25.4 Å². The maximum absolute atomic E-state index is 12.6. The number of benzene rings is 1. The van der Waals surface area contributed by atoms with Gasteiger partial charge in [0.25, 0.3) is 0 Å². The Kier molecular flexibility index (Phi) is 4.45. The van der Waals surface area contributed by atoms with Crippen molar-refractivity contribution in [2.75, 3.05) is 0 Å². The van der Waals surface area contributed by atoms with Gasteiger partial charge in [0, 0.05) is 5.33 Å². The summed E-state index contributed by atoms with van der Waals surface area (Å²) in [5, 5.41) is 0.410. The van der Waals surface area contributed by atoms with E-state index >= 15 is 0 Å². The Bertz CT molecular complexity index is 287. The molecule has 0 saturated carbocycles. The molecule has 78 valence electrons. The molecule has 0 aliphatic heterocycles. The van der Waals surface area contributed by atoms with Crippen molar-refractivity contribution < 1.29 is 13.2 Å². The van der Waals surface area contributed by atoms with Crippen molar-refractivity contribution in [3.63, 3.8) is 0 Å². The Morgan fingerprint density at radius 2 is 1.57 bits per heavy atom. The molecule has 1 rings (SSSR count). The van der Waals surface area contributed by atoms with Crippen molar-refractivity contribution in [3.05, 3.63) is 34.4 Å².